The molecule has 2 atom stereocenters. The van der Waals surface area contributed by atoms with E-state index < -0.39 is 6.17 Å². The first-order chi connectivity index (χ1) is 6.62. The van der Waals surface area contributed by atoms with E-state index in [9.17, 15) is 4.39 Å². The Balaban J connectivity index is 2.64. The van der Waals surface area contributed by atoms with E-state index in [1.807, 2.05) is 0 Å². The molecule has 0 aromatic heterocycles. The molecular weight excluding hydrogens is 189 g/mol. The smallest absolute Gasteiger partial charge is 0.116 e. The van der Waals surface area contributed by atoms with Crippen LogP contribution in [0, 0.1) is 11.3 Å². The molecule has 15 heavy (non-hydrogen) atoms. The molecule has 1 fully saturated rings. The van der Waals surface area contributed by atoms with Crippen molar-refractivity contribution < 1.29 is 4.39 Å². The highest BCUT2D eigenvalue weighted by atomic mass is 19.1. The molecule has 2 heteroatoms. The van der Waals surface area contributed by atoms with Crippen molar-refractivity contribution in [3.05, 3.63) is 0 Å². The summed E-state index contributed by atoms with van der Waals surface area (Å²) < 4.78 is 14.1. The molecule has 0 radical (unpaired) electrons. The molecule has 90 valence electrons. The van der Waals surface area contributed by atoms with Gasteiger partial charge in [0.05, 0.1) is 0 Å². The first-order valence-corrected chi connectivity index (χ1v) is 6.01. The van der Waals surface area contributed by atoms with Gasteiger partial charge in [-0.05, 0) is 45.1 Å². The molecule has 0 aromatic carbocycles. The monoisotopic (exact) mass is 215 g/mol. The zero-order chi connectivity index (χ0) is 11.9. The van der Waals surface area contributed by atoms with Crippen molar-refractivity contribution in [1.29, 1.82) is 0 Å². The van der Waals surface area contributed by atoms with Crippen LogP contribution in [0.3, 0.4) is 0 Å². The minimum absolute atomic E-state index is 0.101. The summed E-state index contributed by atoms with van der Waals surface area (Å²) in [5.74, 6) is 0.219. The first-order valence-electron chi connectivity index (χ1n) is 6.01. The largest absolute Gasteiger partial charge is 0.296 e. The first kappa shape index (κ1) is 13.0. The summed E-state index contributed by atoms with van der Waals surface area (Å²) in [4.78, 5) is 2.26. The van der Waals surface area contributed by atoms with E-state index in [-0.39, 0.29) is 16.9 Å². The van der Waals surface area contributed by atoms with Gasteiger partial charge in [-0.25, -0.2) is 4.39 Å². The lowest BCUT2D eigenvalue weighted by Gasteiger charge is -2.46. The third-order valence-corrected chi connectivity index (χ3v) is 3.60. The van der Waals surface area contributed by atoms with Gasteiger partial charge in [-0.1, -0.05) is 20.8 Å². The number of piperidine rings is 1. The van der Waals surface area contributed by atoms with Crippen molar-refractivity contribution in [2.24, 2.45) is 11.3 Å². The number of likely N-dealkylation sites (tertiary alicyclic amines) is 1. The Morgan fingerprint density at radius 2 is 1.60 bits per heavy atom. The standard InChI is InChI=1S/C13H26FN/c1-12(2,3)10-7-8-15(9-11(10)14)13(4,5)6/h10-11H,7-9H2,1-6H3/t10-,11-/m0/s1. The van der Waals surface area contributed by atoms with Gasteiger partial charge in [0.1, 0.15) is 6.17 Å². The molecule has 0 saturated carbocycles. The normalized spacial score (nSPS) is 30.6. The second kappa shape index (κ2) is 4.04. The lowest BCUT2D eigenvalue weighted by Crippen LogP contribution is -2.52. The van der Waals surface area contributed by atoms with Crippen molar-refractivity contribution in [2.75, 3.05) is 13.1 Å². The van der Waals surface area contributed by atoms with E-state index in [1.165, 1.54) is 0 Å². The third kappa shape index (κ3) is 3.17. The number of hydrogen-bond acceptors (Lipinski definition) is 1. The van der Waals surface area contributed by atoms with Crippen LogP contribution in [0.2, 0.25) is 0 Å². The van der Waals surface area contributed by atoms with Crippen molar-refractivity contribution >= 4 is 0 Å². The average molecular weight is 215 g/mol. The number of hydrogen-bond donors (Lipinski definition) is 0. The van der Waals surface area contributed by atoms with Gasteiger partial charge in [0.15, 0.2) is 0 Å². The van der Waals surface area contributed by atoms with Crippen LogP contribution in [0.25, 0.3) is 0 Å². The Kier molecular flexibility index (Phi) is 3.49. The van der Waals surface area contributed by atoms with Gasteiger partial charge in [-0.15, -0.1) is 0 Å². The van der Waals surface area contributed by atoms with Crippen molar-refractivity contribution in [3.63, 3.8) is 0 Å². The van der Waals surface area contributed by atoms with Gasteiger partial charge >= 0.3 is 0 Å². The zero-order valence-electron chi connectivity index (χ0n) is 11.1. The van der Waals surface area contributed by atoms with Crippen LogP contribution < -0.4 is 0 Å². The molecule has 1 nitrogen and oxygen atoms in total. The van der Waals surface area contributed by atoms with E-state index in [1.54, 1.807) is 0 Å². The van der Waals surface area contributed by atoms with Crippen LogP contribution in [0.15, 0.2) is 0 Å². The maximum atomic E-state index is 14.1. The molecule has 1 rings (SSSR count). The Labute approximate surface area is 94.0 Å². The van der Waals surface area contributed by atoms with E-state index in [4.69, 9.17) is 0 Å². The Hall–Kier alpha value is -0.110. The van der Waals surface area contributed by atoms with Gasteiger partial charge in [0.25, 0.3) is 0 Å². The average Bonchev–Trinajstić information content (AvgIpc) is 1.99. The molecule has 1 aliphatic rings. The van der Waals surface area contributed by atoms with Crippen LogP contribution >= 0.6 is 0 Å². The molecule has 0 bridgehead atoms. The summed E-state index contributed by atoms with van der Waals surface area (Å²) in [5, 5.41) is 0. The number of halogens is 1. The number of nitrogens with zero attached hydrogens (tertiary/aromatic N) is 1. The summed E-state index contributed by atoms with van der Waals surface area (Å²) in [5.41, 5.74) is 0.205. The Morgan fingerprint density at radius 1 is 1.07 bits per heavy atom. The van der Waals surface area contributed by atoms with E-state index in [0.717, 1.165) is 13.0 Å². The predicted molar refractivity (Wildman–Crippen MR) is 63.8 cm³/mol. The number of alkyl halides is 1. The van der Waals surface area contributed by atoms with Crippen molar-refractivity contribution in [2.45, 2.75) is 59.7 Å². The predicted octanol–water partition coefficient (Wildman–Crippen LogP) is 3.49. The van der Waals surface area contributed by atoms with Crippen molar-refractivity contribution in [1.82, 2.24) is 4.90 Å². The van der Waals surface area contributed by atoms with Crippen LogP contribution in [-0.4, -0.2) is 29.7 Å². The third-order valence-electron chi connectivity index (χ3n) is 3.60. The minimum atomic E-state index is -0.669. The van der Waals surface area contributed by atoms with Crippen LogP contribution in [-0.2, 0) is 0 Å². The molecule has 0 amide bonds. The molecule has 1 heterocycles. The van der Waals surface area contributed by atoms with Crippen LogP contribution in [0.5, 0.6) is 0 Å². The minimum Gasteiger partial charge on any atom is -0.296 e. The summed E-state index contributed by atoms with van der Waals surface area (Å²) in [7, 11) is 0. The highest BCUT2D eigenvalue weighted by molar-refractivity contribution is 4.91. The lowest BCUT2D eigenvalue weighted by molar-refractivity contribution is -0.0101. The molecule has 1 saturated heterocycles. The summed E-state index contributed by atoms with van der Waals surface area (Å²) >= 11 is 0. The molecule has 0 aliphatic carbocycles. The van der Waals surface area contributed by atoms with Crippen LogP contribution in [0.4, 0.5) is 4.39 Å². The summed E-state index contributed by atoms with van der Waals surface area (Å²) in [6.45, 7) is 14.6. The lowest BCUT2D eigenvalue weighted by atomic mass is 9.74. The van der Waals surface area contributed by atoms with E-state index in [2.05, 4.69) is 46.4 Å². The zero-order valence-corrected chi connectivity index (χ0v) is 11.1. The maximum Gasteiger partial charge on any atom is 0.116 e. The van der Waals surface area contributed by atoms with E-state index in [0.29, 0.717) is 6.54 Å². The van der Waals surface area contributed by atoms with Crippen LogP contribution in [0.1, 0.15) is 48.0 Å². The molecule has 0 N–H and O–H groups in total. The second-order valence-corrected chi connectivity index (χ2v) is 6.89. The number of rotatable bonds is 0. The van der Waals surface area contributed by atoms with Crippen molar-refractivity contribution in [3.8, 4) is 0 Å². The quantitative estimate of drug-likeness (QED) is 0.598. The van der Waals surface area contributed by atoms with Gasteiger partial charge in [0.2, 0.25) is 0 Å². The highest BCUT2D eigenvalue weighted by Gasteiger charge is 2.39. The Morgan fingerprint density at radius 3 is 1.93 bits per heavy atom. The molecule has 1 aliphatic heterocycles. The second-order valence-electron chi connectivity index (χ2n) is 6.89. The van der Waals surface area contributed by atoms with Gasteiger partial charge < -0.3 is 0 Å². The summed E-state index contributed by atoms with van der Waals surface area (Å²) in [6.07, 6.45) is 0.319. The fourth-order valence-electron chi connectivity index (χ4n) is 2.49. The SMILES string of the molecule is CC(C)(C)[C@H]1CCN(C(C)(C)C)C[C@@H]1F. The topological polar surface area (TPSA) is 3.24 Å². The fraction of sp³-hybridized carbons (Fsp3) is 1.00. The molecule has 0 unspecified atom stereocenters. The maximum absolute atomic E-state index is 14.1. The van der Waals surface area contributed by atoms with Gasteiger partial charge in [-0.3, -0.25) is 4.90 Å². The van der Waals surface area contributed by atoms with Gasteiger partial charge in [-0.2, -0.15) is 0 Å². The van der Waals surface area contributed by atoms with Gasteiger partial charge in [0, 0.05) is 12.1 Å². The molecule has 0 aromatic rings. The fourth-order valence-corrected chi connectivity index (χ4v) is 2.49. The summed E-state index contributed by atoms with van der Waals surface area (Å²) in [6, 6.07) is 0. The molecule has 0 spiro atoms. The molecular formula is C13H26FN. The van der Waals surface area contributed by atoms with E-state index >= 15 is 0 Å². The highest BCUT2D eigenvalue weighted by Crippen LogP contribution is 2.37. The Bertz CT molecular complexity index is 212.